The van der Waals surface area contributed by atoms with Gasteiger partial charge in [0, 0.05) is 31.9 Å². The van der Waals surface area contributed by atoms with Crippen molar-refractivity contribution in [1.29, 1.82) is 5.26 Å². The van der Waals surface area contributed by atoms with Crippen molar-refractivity contribution in [2.45, 2.75) is 12.5 Å². The van der Waals surface area contributed by atoms with E-state index in [1.807, 2.05) is 11.0 Å². The molecule has 0 spiro atoms. The number of aromatic nitrogens is 3. The lowest BCUT2D eigenvalue weighted by Gasteiger charge is -2.39. The van der Waals surface area contributed by atoms with Gasteiger partial charge in [0.15, 0.2) is 0 Å². The molecule has 2 aromatic heterocycles. The molecule has 124 valence electrons. The van der Waals surface area contributed by atoms with Gasteiger partial charge in [0.25, 0.3) is 0 Å². The number of nitriles is 1. The van der Waals surface area contributed by atoms with E-state index in [2.05, 4.69) is 15.0 Å². The van der Waals surface area contributed by atoms with Gasteiger partial charge in [-0.15, -0.1) is 0 Å². The number of nitrogens with zero attached hydrogens (tertiary/aromatic N) is 6. The van der Waals surface area contributed by atoms with Crippen LogP contribution < -0.4 is 4.90 Å². The van der Waals surface area contributed by atoms with Crippen LogP contribution in [0, 0.1) is 11.3 Å². The van der Waals surface area contributed by atoms with Gasteiger partial charge in [-0.1, -0.05) is 11.6 Å². The van der Waals surface area contributed by atoms with E-state index in [4.69, 9.17) is 28.5 Å². The van der Waals surface area contributed by atoms with Crippen LogP contribution in [0.15, 0.2) is 12.3 Å². The first-order chi connectivity index (χ1) is 11.5. The van der Waals surface area contributed by atoms with Gasteiger partial charge in [0.2, 0.25) is 5.28 Å². The molecule has 1 saturated heterocycles. The minimum Gasteiger partial charge on any atom is -0.465 e. The van der Waals surface area contributed by atoms with E-state index in [-0.39, 0.29) is 18.2 Å². The number of carboxylic acid groups (broad SMARTS) is 1. The van der Waals surface area contributed by atoms with Crippen LogP contribution in [0.4, 0.5) is 10.6 Å². The number of carbonyl (C=O) groups is 1. The molecule has 1 aliphatic heterocycles. The highest BCUT2D eigenvalue weighted by atomic mass is 35.5. The van der Waals surface area contributed by atoms with Crippen molar-refractivity contribution in [3.8, 4) is 6.07 Å². The van der Waals surface area contributed by atoms with Crippen molar-refractivity contribution in [3.05, 3.63) is 22.7 Å². The Kier molecular flexibility index (Phi) is 4.55. The fourth-order valence-electron chi connectivity index (χ4n) is 2.78. The Morgan fingerprint density at radius 2 is 2.21 bits per heavy atom. The molecule has 0 aromatic carbocycles. The maximum Gasteiger partial charge on any atom is 0.407 e. The van der Waals surface area contributed by atoms with Gasteiger partial charge in [-0.25, -0.2) is 14.8 Å². The van der Waals surface area contributed by atoms with E-state index < -0.39 is 12.1 Å². The number of halogens is 2. The summed E-state index contributed by atoms with van der Waals surface area (Å²) in [6, 6.07) is 3.18. The Labute approximate surface area is 147 Å². The largest absolute Gasteiger partial charge is 0.465 e. The summed E-state index contributed by atoms with van der Waals surface area (Å²) in [5, 5.41) is 19.3. The van der Waals surface area contributed by atoms with E-state index in [1.165, 1.54) is 4.90 Å². The molecular formula is C14H12Cl2N6O2. The predicted molar refractivity (Wildman–Crippen MR) is 88.3 cm³/mol. The smallest absolute Gasteiger partial charge is 0.407 e. The third kappa shape index (κ3) is 3.13. The molecule has 2 aromatic rings. The number of amides is 1. The molecule has 24 heavy (non-hydrogen) atoms. The summed E-state index contributed by atoms with van der Waals surface area (Å²) in [5.41, 5.74) is 0.558. The lowest BCUT2D eigenvalue weighted by molar-refractivity contribution is 0.119. The van der Waals surface area contributed by atoms with Crippen LogP contribution in [-0.2, 0) is 0 Å². The normalized spacial score (nSPS) is 17.8. The second-order valence-corrected chi connectivity index (χ2v) is 6.00. The lowest BCUT2D eigenvalue weighted by Crippen LogP contribution is -2.55. The Hall–Kier alpha value is -2.37. The van der Waals surface area contributed by atoms with Gasteiger partial charge < -0.3 is 14.9 Å². The molecule has 0 bridgehead atoms. The number of fused-ring (bicyclic) bond motifs is 1. The van der Waals surface area contributed by atoms with Crippen LogP contribution in [0.1, 0.15) is 6.42 Å². The van der Waals surface area contributed by atoms with E-state index in [0.29, 0.717) is 35.0 Å². The van der Waals surface area contributed by atoms with Gasteiger partial charge >= 0.3 is 6.09 Å². The molecule has 0 radical (unpaired) electrons. The van der Waals surface area contributed by atoms with Crippen LogP contribution in [-0.4, -0.2) is 56.7 Å². The first-order valence-electron chi connectivity index (χ1n) is 7.10. The van der Waals surface area contributed by atoms with Gasteiger partial charge in [-0.2, -0.15) is 10.2 Å². The number of piperazine rings is 1. The maximum absolute atomic E-state index is 11.3. The zero-order valence-electron chi connectivity index (χ0n) is 12.4. The second-order valence-electron chi connectivity index (χ2n) is 5.28. The van der Waals surface area contributed by atoms with Crippen LogP contribution >= 0.6 is 23.2 Å². The van der Waals surface area contributed by atoms with Crippen molar-refractivity contribution in [1.82, 2.24) is 19.9 Å². The third-order valence-electron chi connectivity index (χ3n) is 3.86. The van der Waals surface area contributed by atoms with Gasteiger partial charge in [0.05, 0.1) is 29.4 Å². The summed E-state index contributed by atoms with van der Waals surface area (Å²) in [7, 11) is 0. The monoisotopic (exact) mass is 366 g/mol. The molecule has 0 unspecified atom stereocenters. The SMILES string of the molecule is N#CC[C@H]1CN(c2nc(Cl)nc3cc(Cl)ncc23)CCN1C(=O)O. The summed E-state index contributed by atoms with van der Waals surface area (Å²) in [4.78, 5) is 26.9. The highest BCUT2D eigenvalue weighted by molar-refractivity contribution is 6.30. The van der Waals surface area contributed by atoms with E-state index in [0.717, 1.165) is 0 Å². The third-order valence-corrected chi connectivity index (χ3v) is 4.23. The predicted octanol–water partition coefficient (Wildman–Crippen LogP) is 2.41. The van der Waals surface area contributed by atoms with E-state index in [9.17, 15) is 9.90 Å². The van der Waals surface area contributed by atoms with Crippen molar-refractivity contribution in [2.75, 3.05) is 24.5 Å². The minimum absolute atomic E-state index is 0.0669. The van der Waals surface area contributed by atoms with Crippen LogP contribution in [0.5, 0.6) is 0 Å². The molecular weight excluding hydrogens is 355 g/mol. The summed E-state index contributed by atoms with van der Waals surface area (Å²) in [5.74, 6) is 0.558. The Bertz CT molecular complexity index is 835. The highest BCUT2D eigenvalue weighted by Gasteiger charge is 2.31. The molecule has 1 amide bonds. The number of anilines is 1. The first kappa shape index (κ1) is 16.5. The van der Waals surface area contributed by atoms with Gasteiger partial charge in [-0.3, -0.25) is 0 Å². The van der Waals surface area contributed by atoms with Crippen molar-refractivity contribution in [3.63, 3.8) is 0 Å². The molecule has 1 aliphatic rings. The summed E-state index contributed by atoms with van der Waals surface area (Å²) < 4.78 is 0. The highest BCUT2D eigenvalue weighted by Crippen LogP contribution is 2.28. The lowest BCUT2D eigenvalue weighted by atomic mass is 10.1. The fraction of sp³-hybridized carbons (Fsp3) is 0.357. The fourth-order valence-corrected chi connectivity index (χ4v) is 3.10. The average Bonchev–Trinajstić information content (AvgIpc) is 2.53. The summed E-state index contributed by atoms with van der Waals surface area (Å²) in [6.07, 6.45) is 0.629. The Morgan fingerprint density at radius 1 is 1.42 bits per heavy atom. The van der Waals surface area contributed by atoms with E-state index in [1.54, 1.807) is 12.3 Å². The number of pyridine rings is 1. The zero-order valence-corrected chi connectivity index (χ0v) is 13.9. The number of rotatable bonds is 2. The topological polar surface area (TPSA) is 106 Å². The first-order valence-corrected chi connectivity index (χ1v) is 7.85. The molecule has 1 fully saturated rings. The number of hydrogen-bond acceptors (Lipinski definition) is 6. The van der Waals surface area contributed by atoms with Crippen molar-refractivity contribution >= 4 is 46.0 Å². The van der Waals surface area contributed by atoms with E-state index >= 15 is 0 Å². The summed E-state index contributed by atoms with van der Waals surface area (Å²) >= 11 is 11.9. The molecule has 1 N–H and O–H groups in total. The number of hydrogen-bond donors (Lipinski definition) is 1. The Morgan fingerprint density at radius 3 is 2.92 bits per heavy atom. The quantitative estimate of drug-likeness (QED) is 0.642. The second kappa shape index (κ2) is 6.63. The maximum atomic E-state index is 11.3. The van der Waals surface area contributed by atoms with Crippen molar-refractivity contribution in [2.24, 2.45) is 0 Å². The minimum atomic E-state index is -1.03. The molecule has 3 rings (SSSR count). The molecule has 3 heterocycles. The van der Waals surface area contributed by atoms with Crippen LogP contribution in [0.25, 0.3) is 10.9 Å². The van der Waals surface area contributed by atoms with Gasteiger partial charge in [-0.05, 0) is 11.6 Å². The van der Waals surface area contributed by atoms with Crippen LogP contribution in [0.3, 0.4) is 0 Å². The molecule has 1 atom stereocenters. The summed E-state index contributed by atoms with van der Waals surface area (Å²) in [6.45, 7) is 1.04. The molecule has 10 heteroatoms. The van der Waals surface area contributed by atoms with Crippen LogP contribution in [0.2, 0.25) is 10.4 Å². The van der Waals surface area contributed by atoms with Crippen molar-refractivity contribution < 1.29 is 9.90 Å². The molecule has 0 saturated carbocycles. The average molecular weight is 367 g/mol. The molecule has 8 nitrogen and oxygen atoms in total. The standard InChI is InChI=1S/C14H12Cl2N6O2/c15-11-5-10-9(6-18-11)12(20-13(16)19-10)21-3-4-22(14(23)24)8(7-21)1-2-17/h5-6,8H,1,3-4,7H2,(H,23,24)/t8-/m0/s1. The zero-order chi connectivity index (χ0) is 17.3. The molecule has 0 aliphatic carbocycles. The van der Waals surface area contributed by atoms with Gasteiger partial charge in [0.1, 0.15) is 11.0 Å². The Balaban J connectivity index is 1.99.